The molecule has 2 aromatic rings. The number of amides is 1. The van der Waals surface area contributed by atoms with Crippen molar-refractivity contribution >= 4 is 11.6 Å². The van der Waals surface area contributed by atoms with Gasteiger partial charge in [-0.1, -0.05) is 32.9 Å². The summed E-state index contributed by atoms with van der Waals surface area (Å²) in [5.74, 6) is 0.483. The summed E-state index contributed by atoms with van der Waals surface area (Å²) in [7, 11) is 0. The Balaban J connectivity index is 1.18. The van der Waals surface area contributed by atoms with Crippen molar-refractivity contribution in [1.29, 1.82) is 0 Å². The molecule has 0 spiro atoms. The summed E-state index contributed by atoms with van der Waals surface area (Å²) in [4.78, 5) is 25.6. The Morgan fingerprint density at radius 3 is 2.66 bits per heavy atom. The van der Waals surface area contributed by atoms with Crippen LogP contribution in [0.3, 0.4) is 0 Å². The van der Waals surface area contributed by atoms with Crippen LogP contribution in [-0.2, 0) is 21.4 Å². The van der Waals surface area contributed by atoms with E-state index >= 15 is 0 Å². The molecule has 2 bridgehead atoms. The van der Waals surface area contributed by atoms with Gasteiger partial charge in [-0.25, -0.2) is 4.39 Å². The van der Waals surface area contributed by atoms with Crippen LogP contribution < -0.4 is 10.2 Å². The summed E-state index contributed by atoms with van der Waals surface area (Å²) < 4.78 is 19.3. The molecule has 3 fully saturated rings. The number of ether oxygens (including phenoxy) is 1. The number of nitrogens with zero attached hydrogens (tertiary/aromatic N) is 4. The monoisotopic (exact) mass is 521 g/mol. The Morgan fingerprint density at radius 1 is 1.16 bits per heavy atom. The lowest BCUT2D eigenvalue weighted by molar-refractivity contribution is -0.121. The Hall–Kier alpha value is -2.39. The molecule has 1 aromatic carbocycles. The molecule has 0 aliphatic carbocycles. The van der Waals surface area contributed by atoms with Gasteiger partial charge in [-0.2, -0.15) is 0 Å². The number of carbonyl (C=O) groups excluding carboxylic acids is 1. The first-order chi connectivity index (χ1) is 18.2. The molecule has 204 valence electrons. The number of halogens is 1. The van der Waals surface area contributed by atoms with Gasteiger partial charge in [0.25, 0.3) is 0 Å². The first kappa shape index (κ1) is 25.9. The van der Waals surface area contributed by atoms with Gasteiger partial charge in [0.05, 0.1) is 30.6 Å². The second kappa shape index (κ2) is 9.97. The highest BCUT2D eigenvalue weighted by Crippen LogP contribution is 2.40. The molecule has 7 nitrogen and oxygen atoms in total. The van der Waals surface area contributed by atoms with Crippen molar-refractivity contribution in [3.8, 4) is 0 Å². The molecular formula is C30H40FN5O2. The highest BCUT2D eigenvalue weighted by atomic mass is 19.1. The van der Waals surface area contributed by atoms with Gasteiger partial charge in [0.15, 0.2) is 0 Å². The first-order valence-electron chi connectivity index (χ1n) is 14.1. The fourth-order valence-electron chi connectivity index (χ4n) is 6.88. The van der Waals surface area contributed by atoms with Gasteiger partial charge < -0.3 is 15.0 Å². The number of piperazine rings is 1. The van der Waals surface area contributed by atoms with E-state index in [-0.39, 0.29) is 17.1 Å². The fraction of sp³-hybridized carbons (Fsp3) is 0.600. The number of morpholine rings is 1. The summed E-state index contributed by atoms with van der Waals surface area (Å²) in [5, 5.41) is 3.64. The van der Waals surface area contributed by atoms with Crippen molar-refractivity contribution in [2.24, 2.45) is 5.92 Å². The normalized spacial score (nSPS) is 30.7. The lowest BCUT2D eigenvalue weighted by atomic mass is 9.91. The van der Waals surface area contributed by atoms with Crippen molar-refractivity contribution in [3.63, 3.8) is 0 Å². The number of fused-ring (bicyclic) bond motifs is 3. The topological polar surface area (TPSA) is 60.9 Å². The van der Waals surface area contributed by atoms with Crippen molar-refractivity contribution in [2.75, 3.05) is 50.8 Å². The van der Waals surface area contributed by atoms with Crippen molar-refractivity contribution < 1.29 is 13.9 Å². The molecule has 1 amide bonds. The van der Waals surface area contributed by atoms with Crippen LogP contribution in [0.5, 0.6) is 0 Å². The predicted molar refractivity (Wildman–Crippen MR) is 146 cm³/mol. The summed E-state index contributed by atoms with van der Waals surface area (Å²) in [6.07, 6.45) is 2.91. The van der Waals surface area contributed by atoms with Crippen LogP contribution in [0, 0.1) is 11.7 Å². The van der Waals surface area contributed by atoms with Crippen LogP contribution in [0.1, 0.15) is 44.5 Å². The van der Waals surface area contributed by atoms with Gasteiger partial charge in [-0.05, 0) is 42.7 Å². The van der Waals surface area contributed by atoms with E-state index in [0.29, 0.717) is 49.7 Å². The highest BCUT2D eigenvalue weighted by molar-refractivity contribution is 5.97. The molecule has 8 heteroatoms. The molecule has 4 aliphatic heterocycles. The molecule has 1 aromatic heterocycles. The zero-order chi connectivity index (χ0) is 26.6. The Labute approximate surface area is 225 Å². The van der Waals surface area contributed by atoms with Crippen LogP contribution in [0.25, 0.3) is 0 Å². The minimum Gasteiger partial charge on any atom is -0.375 e. The van der Waals surface area contributed by atoms with Gasteiger partial charge in [-0.15, -0.1) is 0 Å². The number of aromatic nitrogens is 1. The third kappa shape index (κ3) is 4.88. The summed E-state index contributed by atoms with van der Waals surface area (Å²) in [6, 6.07) is 9.83. The fourth-order valence-corrected chi connectivity index (χ4v) is 6.88. The summed E-state index contributed by atoms with van der Waals surface area (Å²) >= 11 is 0. The zero-order valence-electron chi connectivity index (χ0n) is 23.0. The standard InChI is InChI=1S/C30H40FN5O2/c1-19-13-34(24(12-32-19)14-35-15-27-20(2)26(35)17-38-27)16-28(37)36-18-30(3,4)29-25(36)10-22(11-33-29)9-21-5-7-23(31)8-6-21/h5-8,10-11,19-20,24,26-27,32H,9,12-18H2,1-4H3/t19-,20-,24-,26-,27?/m1/s1. The highest BCUT2D eigenvalue weighted by Gasteiger charge is 2.47. The lowest BCUT2D eigenvalue weighted by Crippen LogP contribution is -2.61. The molecule has 5 atom stereocenters. The smallest absolute Gasteiger partial charge is 0.241 e. The van der Waals surface area contributed by atoms with Crippen LogP contribution >= 0.6 is 0 Å². The Morgan fingerprint density at radius 2 is 1.95 bits per heavy atom. The van der Waals surface area contributed by atoms with Crippen LogP contribution in [0.15, 0.2) is 36.5 Å². The van der Waals surface area contributed by atoms with Crippen molar-refractivity contribution in [2.45, 2.75) is 63.8 Å². The summed E-state index contributed by atoms with van der Waals surface area (Å²) in [6.45, 7) is 14.4. The van der Waals surface area contributed by atoms with E-state index in [9.17, 15) is 9.18 Å². The average Bonchev–Trinajstić information content (AvgIpc) is 3.48. The number of pyridine rings is 1. The van der Waals surface area contributed by atoms with E-state index < -0.39 is 0 Å². The third-order valence-electron chi connectivity index (χ3n) is 9.10. The van der Waals surface area contributed by atoms with Crippen molar-refractivity contribution in [1.82, 2.24) is 20.1 Å². The van der Waals surface area contributed by atoms with E-state index in [4.69, 9.17) is 9.72 Å². The minimum absolute atomic E-state index is 0.135. The van der Waals surface area contributed by atoms with Gasteiger partial charge in [0.1, 0.15) is 5.82 Å². The summed E-state index contributed by atoms with van der Waals surface area (Å²) in [5.41, 5.74) is 3.74. The van der Waals surface area contributed by atoms with Crippen molar-refractivity contribution in [3.05, 3.63) is 59.2 Å². The maximum atomic E-state index is 13.9. The van der Waals surface area contributed by atoms with Crippen LogP contribution in [0.2, 0.25) is 0 Å². The van der Waals surface area contributed by atoms with Gasteiger partial charge >= 0.3 is 0 Å². The molecule has 0 radical (unpaired) electrons. The number of rotatable bonds is 6. The third-order valence-corrected chi connectivity index (χ3v) is 9.10. The van der Waals surface area contributed by atoms with Crippen LogP contribution in [-0.4, -0.2) is 90.8 Å². The lowest BCUT2D eigenvalue weighted by Gasteiger charge is -2.42. The Kier molecular flexibility index (Phi) is 6.79. The minimum atomic E-state index is -0.236. The van der Waals surface area contributed by atoms with E-state index in [1.807, 2.05) is 11.1 Å². The molecule has 4 aliphatic rings. The second-order valence-corrected chi connectivity index (χ2v) is 12.5. The van der Waals surface area contributed by atoms with E-state index in [1.165, 1.54) is 12.1 Å². The quantitative estimate of drug-likeness (QED) is 0.631. The van der Waals surface area contributed by atoms with Gasteiger partial charge in [-0.3, -0.25) is 19.6 Å². The second-order valence-electron chi connectivity index (χ2n) is 12.5. The molecule has 5 heterocycles. The maximum Gasteiger partial charge on any atom is 0.241 e. The van der Waals surface area contributed by atoms with E-state index in [1.54, 1.807) is 12.1 Å². The number of likely N-dealkylation sites (tertiary alicyclic amines) is 1. The Bertz CT molecular complexity index is 1190. The SMILES string of the molecule is C[C@@H]1CN(CC(=O)N2CC(C)(C)c3ncc(Cc4ccc(F)cc4)cc32)[C@@H](CN2CC3OC[C@@H]2[C@H]3C)CN1. The predicted octanol–water partition coefficient (Wildman–Crippen LogP) is 2.82. The van der Waals surface area contributed by atoms with Gasteiger partial charge in [0.2, 0.25) is 5.91 Å². The number of hydrogen-bond donors (Lipinski definition) is 1. The largest absolute Gasteiger partial charge is 0.375 e. The maximum absolute atomic E-state index is 13.9. The van der Waals surface area contributed by atoms with Crippen LogP contribution in [0.4, 0.5) is 10.1 Å². The zero-order valence-corrected chi connectivity index (χ0v) is 23.0. The number of hydrogen-bond acceptors (Lipinski definition) is 6. The first-order valence-corrected chi connectivity index (χ1v) is 14.1. The molecule has 3 saturated heterocycles. The molecule has 1 unspecified atom stereocenters. The number of benzene rings is 1. The number of carbonyl (C=O) groups is 1. The van der Waals surface area contributed by atoms with E-state index in [0.717, 1.165) is 55.3 Å². The number of nitrogens with one attached hydrogen (secondary N) is 1. The number of anilines is 1. The molecular weight excluding hydrogens is 481 g/mol. The molecule has 0 saturated carbocycles. The van der Waals surface area contributed by atoms with Gasteiger partial charge in [0, 0.05) is 68.4 Å². The molecule has 38 heavy (non-hydrogen) atoms. The molecule has 6 rings (SSSR count). The average molecular weight is 522 g/mol. The van der Waals surface area contributed by atoms with E-state index in [2.05, 4.69) is 48.9 Å². The molecule has 1 N–H and O–H groups in total.